The summed E-state index contributed by atoms with van der Waals surface area (Å²) in [7, 11) is 0. The number of rotatable bonds is 3. The maximum atomic E-state index is 12.3. The van der Waals surface area contributed by atoms with Crippen molar-refractivity contribution in [2.45, 2.75) is 45.6 Å². The number of nitrogens with zero attached hydrogens (tertiary/aromatic N) is 1. The van der Waals surface area contributed by atoms with Crippen LogP contribution in [0.15, 0.2) is 70.5 Å². The van der Waals surface area contributed by atoms with E-state index in [0.717, 1.165) is 18.4 Å². The molecular formula is C21H23NO2. The molecule has 0 bridgehead atoms. The molecular weight excluding hydrogens is 298 g/mol. The Kier molecular flexibility index (Phi) is 5.42. The fourth-order valence-corrected chi connectivity index (χ4v) is 3.02. The molecule has 124 valence electrons. The molecule has 0 atom stereocenters. The molecule has 2 aliphatic rings. The SMILES string of the molecule is CC1=CC(=NCc2ccccc2)/C(=C\C=C2CCCCC2)C(=O)O1. The third kappa shape index (κ3) is 4.31. The Bertz CT molecular complexity index is 715. The zero-order valence-corrected chi connectivity index (χ0v) is 14.1. The first-order valence-electron chi connectivity index (χ1n) is 8.61. The maximum absolute atomic E-state index is 12.3. The van der Waals surface area contributed by atoms with E-state index >= 15 is 0 Å². The monoisotopic (exact) mass is 321 g/mol. The number of esters is 1. The molecule has 0 saturated heterocycles. The number of allylic oxidation sites excluding steroid dienone is 5. The van der Waals surface area contributed by atoms with Gasteiger partial charge in [0.25, 0.3) is 0 Å². The van der Waals surface area contributed by atoms with E-state index in [-0.39, 0.29) is 5.97 Å². The van der Waals surface area contributed by atoms with Crippen LogP contribution in [-0.4, -0.2) is 11.7 Å². The average molecular weight is 321 g/mol. The van der Waals surface area contributed by atoms with E-state index in [1.54, 1.807) is 6.92 Å². The first-order valence-corrected chi connectivity index (χ1v) is 8.61. The van der Waals surface area contributed by atoms with Crippen LogP contribution in [0.2, 0.25) is 0 Å². The van der Waals surface area contributed by atoms with Gasteiger partial charge >= 0.3 is 5.97 Å². The molecule has 3 rings (SSSR count). The summed E-state index contributed by atoms with van der Waals surface area (Å²) in [4.78, 5) is 16.9. The Morgan fingerprint density at radius 2 is 1.83 bits per heavy atom. The van der Waals surface area contributed by atoms with E-state index in [4.69, 9.17) is 4.74 Å². The van der Waals surface area contributed by atoms with Crippen LogP contribution in [0.25, 0.3) is 0 Å². The van der Waals surface area contributed by atoms with E-state index in [1.165, 1.54) is 24.8 Å². The topological polar surface area (TPSA) is 38.7 Å². The second kappa shape index (κ2) is 7.91. The lowest BCUT2D eigenvalue weighted by Gasteiger charge is -2.16. The molecule has 3 heteroatoms. The van der Waals surface area contributed by atoms with Gasteiger partial charge in [-0.15, -0.1) is 0 Å². The van der Waals surface area contributed by atoms with E-state index in [9.17, 15) is 4.79 Å². The lowest BCUT2D eigenvalue weighted by molar-refractivity contribution is -0.134. The van der Waals surface area contributed by atoms with E-state index < -0.39 is 0 Å². The Morgan fingerprint density at radius 3 is 2.58 bits per heavy atom. The Hall–Kier alpha value is -2.42. The first kappa shape index (κ1) is 16.4. The molecule has 3 nitrogen and oxygen atoms in total. The molecule has 0 radical (unpaired) electrons. The minimum Gasteiger partial charge on any atom is -0.428 e. The van der Waals surface area contributed by atoms with Crippen LogP contribution in [0.5, 0.6) is 0 Å². The zero-order valence-electron chi connectivity index (χ0n) is 14.1. The second-order valence-electron chi connectivity index (χ2n) is 6.30. The van der Waals surface area contributed by atoms with Gasteiger partial charge in [0, 0.05) is 6.08 Å². The predicted molar refractivity (Wildman–Crippen MR) is 96.7 cm³/mol. The maximum Gasteiger partial charge on any atom is 0.345 e. The van der Waals surface area contributed by atoms with Gasteiger partial charge in [-0.2, -0.15) is 0 Å². The molecule has 0 spiro atoms. The summed E-state index contributed by atoms with van der Waals surface area (Å²) in [6.07, 6.45) is 11.9. The fraction of sp³-hybridized carbons (Fsp3) is 0.333. The third-order valence-electron chi connectivity index (χ3n) is 4.35. The summed E-state index contributed by atoms with van der Waals surface area (Å²) in [5, 5.41) is 0. The molecule has 1 aliphatic heterocycles. The number of hydrogen-bond donors (Lipinski definition) is 0. The lowest BCUT2D eigenvalue weighted by Crippen LogP contribution is -2.20. The first-order chi connectivity index (χ1) is 11.7. The van der Waals surface area contributed by atoms with Crippen molar-refractivity contribution in [1.82, 2.24) is 0 Å². The summed E-state index contributed by atoms with van der Waals surface area (Å²) in [6, 6.07) is 10.1. The molecule has 0 unspecified atom stereocenters. The Morgan fingerprint density at radius 1 is 1.08 bits per heavy atom. The zero-order chi connectivity index (χ0) is 16.8. The molecule has 1 aliphatic carbocycles. The van der Waals surface area contributed by atoms with Crippen molar-refractivity contribution in [2.24, 2.45) is 4.99 Å². The highest BCUT2D eigenvalue weighted by molar-refractivity contribution is 6.26. The van der Waals surface area contributed by atoms with Crippen LogP contribution in [0.3, 0.4) is 0 Å². The molecule has 24 heavy (non-hydrogen) atoms. The normalized spacial score (nSPS) is 21.6. The van der Waals surface area contributed by atoms with Crippen molar-refractivity contribution in [1.29, 1.82) is 0 Å². The molecule has 1 aromatic carbocycles. The largest absolute Gasteiger partial charge is 0.428 e. The molecule has 0 aromatic heterocycles. The molecule has 0 N–H and O–H groups in total. The van der Waals surface area contributed by atoms with Crippen LogP contribution in [-0.2, 0) is 16.1 Å². The second-order valence-corrected chi connectivity index (χ2v) is 6.30. The standard InChI is InChI=1S/C21H23NO2/c1-16-14-20(22-15-18-10-6-3-7-11-18)19(21(23)24-16)13-12-17-8-4-2-5-9-17/h3,6-7,10-14H,2,4-5,8-9,15H2,1H3/b19-13+,22-20?. The van der Waals surface area contributed by atoms with Gasteiger partial charge in [0.05, 0.1) is 17.8 Å². The van der Waals surface area contributed by atoms with Crippen LogP contribution in [0.4, 0.5) is 0 Å². The Balaban J connectivity index is 1.85. The Labute approximate surface area is 143 Å². The quantitative estimate of drug-likeness (QED) is 0.586. The average Bonchev–Trinajstić information content (AvgIpc) is 2.61. The van der Waals surface area contributed by atoms with E-state index in [2.05, 4.69) is 11.1 Å². The van der Waals surface area contributed by atoms with Gasteiger partial charge in [-0.3, -0.25) is 4.99 Å². The van der Waals surface area contributed by atoms with Gasteiger partial charge in [0.1, 0.15) is 5.76 Å². The highest BCUT2D eigenvalue weighted by atomic mass is 16.5. The lowest BCUT2D eigenvalue weighted by atomic mass is 9.94. The summed E-state index contributed by atoms with van der Waals surface area (Å²) >= 11 is 0. The smallest absolute Gasteiger partial charge is 0.345 e. The minimum atomic E-state index is -0.311. The van der Waals surface area contributed by atoms with Gasteiger partial charge in [-0.05, 0) is 44.2 Å². The molecule has 1 fully saturated rings. The fourth-order valence-electron chi connectivity index (χ4n) is 3.02. The van der Waals surface area contributed by atoms with Crippen LogP contribution in [0, 0.1) is 0 Å². The van der Waals surface area contributed by atoms with Gasteiger partial charge in [0.15, 0.2) is 0 Å². The number of hydrogen-bond acceptors (Lipinski definition) is 3. The van der Waals surface area contributed by atoms with E-state index in [0.29, 0.717) is 23.6 Å². The number of benzene rings is 1. The number of carbonyl (C=O) groups excluding carboxylic acids is 1. The minimum absolute atomic E-state index is 0.311. The van der Waals surface area contributed by atoms with Crippen LogP contribution < -0.4 is 0 Å². The van der Waals surface area contributed by atoms with Gasteiger partial charge in [-0.1, -0.05) is 48.4 Å². The number of aliphatic imine (C=N–C) groups is 1. The van der Waals surface area contributed by atoms with Crippen LogP contribution in [0.1, 0.15) is 44.6 Å². The predicted octanol–water partition coefficient (Wildman–Crippen LogP) is 4.91. The summed E-state index contributed by atoms with van der Waals surface area (Å²) in [6.45, 7) is 2.34. The highest BCUT2D eigenvalue weighted by Crippen LogP contribution is 2.24. The molecule has 0 amide bonds. The molecule has 1 aromatic rings. The number of cyclic esters (lactones) is 1. The van der Waals surface area contributed by atoms with Crippen molar-refractivity contribution in [2.75, 3.05) is 0 Å². The molecule has 1 saturated carbocycles. The summed E-state index contributed by atoms with van der Waals surface area (Å²) in [5.41, 5.74) is 3.80. The summed E-state index contributed by atoms with van der Waals surface area (Å²) in [5.74, 6) is 0.281. The molecule has 1 heterocycles. The number of ether oxygens (including phenoxy) is 1. The van der Waals surface area contributed by atoms with Crippen molar-refractivity contribution >= 4 is 11.7 Å². The third-order valence-corrected chi connectivity index (χ3v) is 4.35. The van der Waals surface area contributed by atoms with Crippen molar-refractivity contribution in [3.05, 3.63) is 71.0 Å². The van der Waals surface area contributed by atoms with Crippen molar-refractivity contribution in [3.63, 3.8) is 0 Å². The highest BCUT2D eigenvalue weighted by Gasteiger charge is 2.22. The van der Waals surface area contributed by atoms with E-state index in [1.807, 2.05) is 42.5 Å². The summed E-state index contributed by atoms with van der Waals surface area (Å²) < 4.78 is 5.26. The van der Waals surface area contributed by atoms with Gasteiger partial charge in [0.2, 0.25) is 0 Å². The van der Waals surface area contributed by atoms with Gasteiger partial charge in [-0.25, -0.2) is 4.79 Å². The van der Waals surface area contributed by atoms with Crippen molar-refractivity contribution < 1.29 is 9.53 Å². The number of carbonyl (C=O) groups is 1. The van der Waals surface area contributed by atoms with Crippen molar-refractivity contribution in [3.8, 4) is 0 Å². The van der Waals surface area contributed by atoms with Crippen LogP contribution >= 0.6 is 0 Å². The van der Waals surface area contributed by atoms with Gasteiger partial charge < -0.3 is 4.74 Å².